The lowest BCUT2D eigenvalue weighted by Gasteiger charge is -2.18. The van der Waals surface area contributed by atoms with Gasteiger partial charge >= 0.3 is 0 Å². The van der Waals surface area contributed by atoms with Gasteiger partial charge < -0.3 is 0 Å². The summed E-state index contributed by atoms with van der Waals surface area (Å²) < 4.78 is 26.5. The number of rotatable bonds is 3. The van der Waals surface area contributed by atoms with Crippen LogP contribution in [0.1, 0.15) is 55.3 Å². The fourth-order valence-electron chi connectivity index (χ4n) is 2.77. The Balaban J connectivity index is 1.99. The van der Waals surface area contributed by atoms with E-state index in [9.17, 15) is 8.78 Å². The summed E-state index contributed by atoms with van der Waals surface area (Å²) >= 11 is 3.56. The van der Waals surface area contributed by atoms with Crippen LogP contribution in [-0.4, -0.2) is 0 Å². The first kappa shape index (κ1) is 14.0. The van der Waals surface area contributed by atoms with Crippen molar-refractivity contribution in [2.75, 3.05) is 0 Å². The molecule has 0 heterocycles. The Morgan fingerprint density at radius 1 is 1.11 bits per heavy atom. The Bertz CT molecular complexity index is 384. The molecule has 0 radical (unpaired) electrons. The van der Waals surface area contributed by atoms with Crippen molar-refractivity contribution < 1.29 is 8.78 Å². The average molecular weight is 317 g/mol. The molecular weight excluding hydrogens is 298 g/mol. The van der Waals surface area contributed by atoms with Crippen molar-refractivity contribution in [3.63, 3.8) is 0 Å². The average Bonchev–Trinajstić information content (AvgIpc) is 2.57. The van der Waals surface area contributed by atoms with Crippen LogP contribution in [0.5, 0.6) is 0 Å². The van der Waals surface area contributed by atoms with Crippen molar-refractivity contribution >= 4 is 15.9 Å². The van der Waals surface area contributed by atoms with Gasteiger partial charge in [-0.05, 0) is 18.4 Å². The maximum absolute atomic E-state index is 13.7. The molecule has 1 aliphatic rings. The lowest BCUT2D eigenvalue weighted by molar-refractivity contribution is 0.423. The molecule has 0 saturated heterocycles. The van der Waals surface area contributed by atoms with Gasteiger partial charge in [-0.1, -0.05) is 60.5 Å². The van der Waals surface area contributed by atoms with Gasteiger partial charge in [0.05, 0.1) is 0 Å². The first-order valence-corrected chi connectivity index (χ1v) is 7.67. The molecule has 1 unspecified atom stereocenters. The third kappa shape index (κ3) is 3.78. The van der Waals surface area contributed by atoms with Crippen LogP contribution < -0.4 is 0 Å². The summed E-state index contributed by atoms with van der Waals surface area (Å²) in [5, 5.41) is 0. The van der Waals surface area contributed by atoms with Crippen LogP contribution in [0.15, 0.2) is 18.2 Å². The molecule has 0 N–H and O–H groups in total. The molecule has 0 bridgehead atoms. The maximum Gasteiger partial charge on any atom is 0.130 e. The second kappa shape index (κ2) is 6.65. The van der Waals surface area contributed by atoms with E-state index in [0.29, 0.717) is 11.5 Å². The molecule has 1 atom stereocenters. The summed E-state index contributed by atoms with van der Waals surface area (Å²) in [4.78, 5) is 0.00111. The minimum absolute atomic E-state index is 0.00111. The normalized spacial score (nSPS) is 19.5. The highest BCUT2D eigenvalue weighted by atomic mass is 79.9. The third-order valence-electron chi connectivity index (χ3n) is 3.81. The monoisotopic (exact) mass is 316 g/mol. The number of hydrogen-bond donors (Lipinski definition) is 0. The van der Waals surface area contributed by atoms with E-state index in [1.54, 1.807) is 6.07 Å². The van der Waals surface area contributed by atoms with Gasteiger partial charge in [-0.25, -0.2) is 8.78 Å². The Morgan fingerprint density at radius 2 is 1.78 bits per heavy atom. The summed E-state index contributed by atoms with van der Waals surface area (Å²) in [6, 6.07) is 3.86. The van der Waals surface area contributed by atoms with Crippen LogP contribution in [-0.2, 0) is 0 Å². The van der Waals surface area contributed by atoms with Crippen LogP contribution in [0.2, 0.25) is 0 Å². The van der Waals surface area contributed by atoms with E-state index in [0.717, 1.165) is 12.5 Å². The van der Waals surface area contributed by atoms with Gasteiger partial charge in [-0.3, -0.25) is 0 Å². The zero-order valence-corrected chi connectivity index (χ0v) is 12.1. The molecule has 100 valence electrons. The summed E-state index contributed by atoms with van der Waals surface area (Å²) in [5.41, 5.74) is 0.584. The van der Waals surface area contributed by atoms with Crippen molar-refractivity contribution in [2.24, 2.45) is 5.92 Å². The van der Waals surface area contributed by atoms with E-state index < -0.39 is 11.6 Å². The number of alkyl halides is 1. The van der Waals surface area contributed by atoms with Crippen molar-refractivity contribution in [1.82, 2.24) is 0 Å². The summed E-state index contributed by atoms with van der Waals surface area (Å²) in [6.07, 6.45) is 8.66. The van der Waals surface area contributed by atoms with Gasteiger partial charge in [0.2, 0.25) is 0 Å². The predicted molar refractivity (Wildman–Crippen MR) is 73.8 cm³/mol. The Labute approximate surface area is 116 Å². The molecule has 0 spiro atoms. The summed E-state index contributed by atoms with van der Waals surface area (Å²) in [5.74, 6) is -0.280. The molecule has 3 heteroatoms. The minimum Gasteiger partial charge on any atom is -0.207 e. The smallest absolute Gasteiger partial charge is 0.130 e. The van der Waals surface area contributed by atoms with Gasteiger partial charge in [0.15, 0.2) is 0 Å². The van der Waals surface area contributed by atoms with Gasteiger partial charge in [0.1, 0.15) is 11.6 Å². The van der Waals surface area contributed by atoms with Crippen LogP contribution >= 0.6 is 15.9 Å². The zero-order valence-electron chi connectivity index (χ0n) is 10.5. The van der Waals surface area contributed by atoms with Crippen LogP contribution in [0, 0.1) is 17.6 Å². The molecule has 1 aromatic rings. The predicted octanol–water partition coefficient (Wildman–Crippen LogP) is 5.76. The highest BCUT2D eigenvalue weighted by Gasteiger charge is 2.19. The molecule has 1 aliphatic carbocycles. The van der Waals surface area contributed by atoms with E-state index in [-0.39, 0.29) is 4.83 Å². The van der Waals surface area contributed by atoms with Crippen molar-refractivity contribution in [1.29, 1.82) is 0 Å². The summed E-state index contributed by atoms with van der Waals surface area (Å²) in [7, 11) is 0. The van der Waals surface area contributed by atoms with Gasteiger partial charge in [-0.2, -0.15) is 0 Å². The Hall–Kier alpha value is -0.440. The SMILES string of the molecule is Fc1ccc(C(Br)CC2CCCCCC2)c(F)c1. The fraction of sp³-hybridized carbons (Fsp3) is 0.600. The molecule has 1 saturated carbocycles. The van der Waals surface area contributed by atoms with E-state index in [4.69, 9.17) is 0 Å². The van der Waals surface area contributed by atoms with Crippen LogP contribution in [0.4, 0.5) is 8.78 Å². The first-order valence-electron chi connectivity index (χ1n) is 6.76. The molecule has 1 aromatic carbocycles. The quantitative estimate of drug-likeness (QED) is 0.491. The minimum atomic E-state index is -0.509. The largest absolute Gasteiger partial charge is 0.207 e. The Kier molecular flexibility index (Phi) is 5.16. The lowest BCUT2D eigenvalue weighted by atomic mass is 9.92. The molecule has 18 heavy (non-hydrogen) atoms. The summed E-state index contributed by atoms with van der Waals surface area (Å²) in [6.45, 7) is 0. The first-order chi connectivity index (χ1) is 8.66. The molecule has 0 aliphatic heterocycles. The number of hydrogen-bond acceptors (Lipinski definition) is 0. The topological polar surface area (TPSA) is 0 Å². The van der Waals surface area contributed by atoms with E-state index >= 15 is 0 Å². The second-order valence-electron chi connectivity index (χ2n) is 5.23. The van der Waals surface area contributed by atoms with E-state index in [2.05, 4.69) is 15.9 Å². The van der Waals surface area contributed by atoms with Crippen molar-refractivity contribution in [3.8, 4) is 0 Å². The van der Waals surface area contributed by atoms with E-state index in [1.807, 2.05) is 0 Å². The highest BCUT2D eigenvalue weighted by molar-refractivity contribution is 9.09. The van der Waals surface area contributed by atoms with Crippen LogP contribution in [0.25, 0.3) is 0 Å². The van der Waals surface area contributed by atoms with Crippen molar-refractivity contribution in [2.45, 2.75) is 49.8 Å². The molecule has 0 amide bonds. The fourth-order valence-corrected chi connectivity index (χ4v) is 3.67. The molecule has 2 rings (SSSR count). The molecule has 1 fully saturated rings. The number of halogens is 3. The highest BCUT2D eigenvalue weighted by Crippen LogP contribution is 2.36. The van der Waals surface area contributed by atoms with E-state index in [1.165, 1.54) is 44.6 Å². The van der Waals surface area contributed by atoms with Gasteiger partial charge in [0, 0.05) is 16.5 Å². The van der Waals surface area contributed by atoms with Gasteiger partial charge in [-0.15, -0.1) is 0 Å². The number of benzene rings is 1. The zero-order chi connectivity index (χ0) is 13.0. The standard InChI is InChI=1S/C15H19BrF2/c16-14(9-11-5-3-1-2-4-6-11)13-8-7-12(17)10-15(13)18/h7-8,10-11,14H,1-6,9H2. The van der Waals surface area contributed by atoms with Gasteiger partial charge in [0.25, 0.3) is 0 Å². The second-order valence-corrected chi connectivity index (χ2v) is 6.33. The van der Waals surface area contributed by atoms with Crippen LogP contribution in [0.3, 0.4) is 0 Å². The third-order valence-corrected chi connectivity index (χ3v) is 4.68. The Morgan fingerprint density at radius 3 is 2.39 bits per heavy atom. The maximum atomic E-state index is 13.7. The lowest BCUT2D eigenvalue weighted by Crippen LogP contribution is -2.04. The molecule has 0 nitrogen and oxygen atoms in total. The van der Waals surface area contributed by atoms with Crippen molar-refractivity contribution in [3.05, 3.63) is 35.4 Å². The molecule has 0 aromatic heterocycles. The molecular formula is C15H19BrF2.